The molecule has 2 N–H and O–H groups in total. The average molecular weight is 284 g/mol. The second kappa shape index (κ2) is 4.86. The quantitative estimate of drug-likeness (QED) is 0.756. The Morgan fingerprint density at radius 2 is 1.81 bits per heavy atom. The van der Waals surface area contributed by atoms with Crippen LogP contribution in [-0.2, 0) is 0 Å². The highest BCUT2D eigenvalue weighted by molar-refractivity contribution is 5.89. The third-order valence-corrected chi connectivity index (χ3v) is 3.17. The minimum absolute atomic E-state index is 0.00690. The molecule has 0 atom stereocenters. The lowest BCUT2D eigenvalue weighted by molar-refractivity contribution is 0.311. The van der Waals surface area contributed by atoms with E-state index >= 15 is 0 Å². The predicted molar refractivity (Wildman–Crippen MR) is 77.8 cm³/mol. The zero-order valence-electron chi connectivity index (χ0n) is 11.2. The van der Waals surface area contributed by atoms with Crippen LogP contribution in [0.1, 0.15) is 0 Å². The van der Waals surface area contributed by atoms with Gasteiger partial charge in [-0.25, -0.2) is 0 Å². The molecule has 0 spiro atoms. The number of ether oxygens (including phenoxy) is 1. The van der Waals surface area contributed by atoms with E-state index in [9.17, 15) is 15.0 Å². The highest BCUT2D eigenvalue weighted by atomic mass is 16.6. The third-order valence-electron chi connectivity index (χ3n) is 3.17. The zero-order valence-corrected chi connectivity index (χ0v) is 11.2. The molecule has 1 aromatic heterocycles. The minimum atomic E-state index is -0.420. The Kier molecular flexibility index (Phi) is 3.02. The molecule has 0 amide bonds. The van der Waals surface area contributed by atoms with Gasteiger partial charge in [0.15, 0.2) is 0 Å². The van der Waals surface area contributed by atoms with Gasteiger partial charge in [-0.05, 0) is 5.56 Å². The van der Waals surface area contributed by atoms with Gasteiger partial charge >= 0.3 is 0 Å². The minimum Gasteiger partial charge on any atom is -0.508 e. The van der Waals surface area contributed by atoms with Crippen LogP contribution in [0.15, 0.2) is 51.7 Å². The summed E-state index contributed by atoms with van der Waals surface area (Å²) in [6.45, 7) is 0. The fourth-order valence-electron chi connectivity index (χ4n) is 2.26. The van der Waals surface area contributed by atoms with Crippen molar-refractivity contribution >= 4 is 11.0 Å². The Bertz CT molecular complexity index is 865. The third kappa shape index (κ3) is 2.08. The van der Waals surface area contributed by atoms with Crippen LogP contribution >= 0.6 is 0 Å². The monoisotopic (exact) mass is 284 g/mol. The first kappa shape index (κ1) is 13.1. The molecule has 21 heavy (non-hydrogen) atoms. The summed E-state index contributed by atoms with van der Waals surface area (Å²) in [7, 11) is 1.39. The van der Waals surface area contributed by atoms with Crippen molar-refractivity contribution in [3.05, 3.63) is 52.7 Å². The van der Waals surface area contributed by atoms with Crippen molar-refractivity contribution in [3.8, 4) is 28.6 Å². The summed E-state index contributed by atoms with van der Waals surface area (Å²) in [5.74, 6) is -0.500. The number of benzene rings is 2. The maximum atomic E-state index is 12.7. The number of rotatable bonds is 2. The molecule has 0 saturated heterocycles. The maximum Gasteiger partial charge on any atom is 0.296 e. The number of aromatic hydroxyl groups is 2. The SMILES string of the molecule is COc1oc2cc(O)cc(O)c2c(=O)c1-c1ccccc1. The number of fused-ring (bicyclic) bond motifs is 1. The van der Waals surface area contributed by atoms with Crippen LogP contribution in [0.2, 0.25) is 0 Å². The summed E-state index contributed by atoms with van der Waals surface area (Å²) < 4.78 is 10.6. The first-order valence-corrected chi connectivity index (χ1v) is 6.24. The van der Waals surface area contributed by atoms with E-state index in [4.69, 9.17) is 9.15 Å². The van der Waals surface area contributed by atoms with Crippen molar-refractivity contribution in [1.29, 1.82) is 0 Å². The molecule has 0 aliphatic carbocycles. The molecule has 5 nitrogen and oxygen atoms in total. The molecule has 5 heteroatoms. The lowest BCUT2D eigenvalue weighted by Crippen LogP contribution is -2.07. The Balaban J connectivity index is 2.45. The van der Waals surface area contributed by atoms with E-state index < -0.39 is 5.43 Å². The van der Waals surface area contributed by atoms with E-state index in [0.29, 0.717) is 5.56 Å². The van der Waals surface area contributed by atoms with Crippen LogP contribution in [0.4, 0.5) is 0 Å². The molecule has 0 bridgehead atoms. The normalized spacial score (nSPS) is 10.7. The Labute approximate surface area is 119 Å². The van der Waals surface area contributed by atoms with Gasteiger partial charge < -0.3 is 19.4 Å². The molecule has 0 aliphatic heterocycles. The van der Waals surface area contributed by atoms with Gasteiger partial charge in [0.2, 0.25) is 5.43 Å². The summed E-state index contributed by atoms with van der Waals surface area (Å²) in [5, 5.41) is 19.4. The summed E-state index contributed by atoms with van der Waals surface area (Å²) in [4.78, 5) is 12.7. The van der Waals surface area contributed by atoms with Crippen LogP contribution in [0.25, 0.3) is 22.1 Å². The highest BCUT2D eigenvalue weighted by Gasteiger charge is 2.19. The van der Waals surface area contributed by atoms with Gasteiger partial charge in [-0.2, -0.15) is 0 Å². The first-order valence-electron chi connectivity index (χ1n) is 6.24. The lowest BCUT2D eigenvalue weighted by Gasteiger charge is -2.09. The van der Waals surface area contributed by atoms with Gasteiger partial charge in [0, 0.05) is 12.1 Å². The van der Waals surface area contributed by atoms with E-state index in [2.05, 4.69) is 0 Å². The highest BCUT2D eigenvalue weighted by Crippen LogP contribution is 2.34. The predicted octanol–water partition coefficient (Wildman–Crippen LogP) is 2.88. The van der Waals surface area contributed by atoms with E-state index in [0.717, 1.165) is 6.07 Å². The topological polar surface area (TPSA) is 79.9 Å². The van der Waals surface area contributed by atoms with Crippen molar-refractivity contribution in [2.45, 2.75) is 0 Å². The van der Waals surface area contributed by atoms with Crippen LogP contribution in [0.3, 0.4) is 0 Å². The summed E-state index contributed by atoms with van der Waals surface area (Å²) >= 11 is 0. The summed E-state index contributed by atoms with van der Waals surface area (Å²) in [5.41, 5.74) is 0.495. The standard InChI is InChI=1S/C16H12O5/c1-20-16-13(9-5-3-2-4-6-9)15(19)14-11(18)7-10(17)8-12(14)21-16/h2-8,17-18H,1H3. The molecular weight excluding hydrogens is 272 g/mol. The van der Waals surface area contributed by atoms with Crippen LogP contribution in [-0.4, -0.2) is 17.3 Å². The van der Waals surface area contributed by atoms with Crippen molar-refractivity contribution in [2.75, 3.05) is 7.11 Å². The number of methoxy groups -OCH3 is 1. The van der Waals surface area contributed by atoms with Gasteiger partial charge in [-0.15, -0.1) is 0 Å². The van der Waals surface area contributed by atoms with Gasteiger partial charge in [0.05, 0.1) is 7.11 Å². The molecule has 0 saturated carbocycles. The Morgan fingerprint density at radius 3 is 2.48 bits per heavy atom. The molecule has 0 aliphatic rings. The second-order valence-electron chi connectivity index (χ2n) is 4.50. The molecule has 3 aromatic rings. The van der Waals surface area contributed by atoms with E-state index in [1.54, 1.807) is 24.3 Å². The van der Waals surface area contributed by atoms with Crippen molar-refractivity contribution < 1.29 is 19.4 Å². The fourth-order valence-corrected chi connectivity index (χ4v) is 2.26. The van der Waals surface area contributed by atoms with Crippen molar-refractivity contribution in [3.63, 3.8) is 0 Å². The number of hydrogen-bond acceptors (Lipinski definition) is 5. The maximum absolute atomic E-state index is 12.7. The van der Waals surface area contributed by atoms with E-state index in [1.165, 1.54) is 13.2 Å². The van der Waals surface area contributed by atoms with E-state index in [1.807, 2.05) is 6.07 Å². The lowest BCUT2D eigenvalue weighted by atomic mass is 10.0. The summed E-state index contributed by atoms with van der Waals surface area (Å²) in [6, 6.07) is 11.3. The van der Waals surface area contributed by atoms with E-state index in [-0.39, 0.29) is 34.0 Å². The fraction of sp³-hybridized carbons (Fsp3) is 0.0625. The van der Waals surface area contributed by atoms with Crippen LogP contribution in [0, 0.1) is 0 Å². The van der Waals surface area contributed by atoms with Crippen LogP contribution < -0.4 is 10.2 Å². The summed E-state index contributed by atoms with van der Waals surface area (Å²) in [6.07, 6.45) is 0. The number of hydrogen-bond donors (Lipinski definition) is 2. The molecule has 2 aromatic carbocycles. The number of phenols is 2. The van der Waals surface area contributed by atoms with Gasteiger partial charge in [0.25, 0.3) is 5.95 Å². The molecule has 106 valence electrons. The first-order chi connectivity index (χ1) is 10.1. The number of phenolic OH excluding ortho intramolecular Hbond substituents is 2. The average Bonchev–Trinajstić information content (AvgIpc) is 2.46. The van der Waals surface area contributed by atoms with Crippen molar-refractivity contribution in [1.82, 2.24) is 0 Å². The molecule has 3 rings (SSSR count). The zero-order chi connectivity index (χ0) is 15.0. The second-order valence-corrected chi connectivity index (χ2v) is 4.50. The van der Waals surface area contributed by atoms with Gasteiger partial charge in [0.1, 0.15) is 28.0 Å². The molecule has 0 radical (unpaired) electrons. The van der Waals surface area contributed by atoms with Crippen LogP contribution in [0.5, 0.6) is 17.4 Å². The molecular formula is C16H12O5. The van der Waals surface area contributed by atoms with Crippen molar-refractivity contribution in [2.24, 2.45) is 0 Å². The molecule has 1 heterocycles. The molecule has 0 fully saturated rings. The van der Waals surface area contributed by atoms with Gasteiger partial charge in [-0.3, -0.25) is 4.79 Å². The van der Waals surface area contributed by atoms with Gasteiger partial charge in [-0.1, -0.05) is 30.3 Å². The smallest absolute Gasteiger partial charge is 0.296 e. The molecule has 0 unspecified atom stereocenters. The largest absolute Gasteiger partial charge is 0.508 e. The Hall–Kier alpha value is -2.95. The Morgan fingerprint density at radius 1 is 1.10 bits per heavy atom.